The number of hydrogen-bond donors (Lipinski definition) is 2. The summed E-state index contributed by atoms with van der Waals surface area (Å²) in [5, 5.41) is 3.37. The average Bonchev–Trinajstić information content (AvgIpc) is 2.42. The molecule has 0 unspecified atom stereocenters. The van der Waals surface area contributed by atoms with E-state index < -0.39 is 0 Å². The molecule has 2 aromatic rings. The number of hydrogen-bond acceptors (Lipinski definition) is 4. The van der Waals surface area contributed by atoms with Gasteiger partial charge in [0.2, 0.25) is 5.88 Å². The van der Waals surface area contributed by atoms with Gasteiger partial charge in [0.05, 0.1) is 6.10 Å². The molecule has 0 amide bonds. The van der Waals surface area contributed by atoms with E-state index in [-0.39, 0.29) is 6.10 Å². The van der Waals surface area contributed by atoms with Gasteiger partial charge in [-0.3, -0.25) is 0 Å². The Morgan fingerprint density at radius 2 is 1.80 bits per heavy atom. The first kappa shape index (κ1) is 14.3. The minimum absolute atomic E-state index is 0.119. The fraction of sp³-hybridized carbons (Fsp3) is 0.312. The van der Waals surface area contributed by atoms with E-state index in [0.29, 0.717) is 12.4 Å². The normalized spacial score (nSPS) is 10.8. The summed E-state index contributed by atoms with van der Waals surface area (Å²) in [4.78, 5) is 4.28. The van der Waals surface area contributed by atoms with Gasteiger partial charge in [-0.25, -0.2) is 4.98 Å². The predicted octanol–water partition coefficient (Wildman–Crippen LogP) is 2.74. The summed E-state index contributed by atoms with van der Waals surface area (Å²) in [6.45, 7) is 5.42. The molecule has 0 bridgehead atoms. The minimum atomic E-state index is 0.119. The molecule has 0 fully saturated rings. The average molecular weight is 271 g/mol. The van der Waals surface area contributed by atoms with E-state index in [4.69, 9.17) is 10.5 Å². The molecule has 0 radical (unpaired) electrons. The summed E-state index contributed by atoms with van der Waals surface area (Å²) in [5.41, 5.74) is 8.88. The van der Waals surface area contributed by atoms with Crippen LogP contribution in [-0.4, -0.2) is 11.1 Å². The van der Waals surface area contributed by atoms with Crippen molar-refractivity contribution in [2.75, 3.05) is 5.73 Å². The van der Waals surface area contributed by atoms with Crippen molar-refractivity contribution in [2.24, 2.45) is 0 Å². The highest BCUT2D eigenvalue weighted by atomic mass is 16.5. The molecule has 0 aliphatic rings. The summed E-state index contributed by atoms with van der Waals surface area (Å²) in [7, 11) is 0. The smallest absolute Gasteiger partial charge is 0.218 e. The van der Waals surface area contributed by atoms with Gasteiger partial charge in [0.25, 0.3) is 0 Å². The number of aromatic nitrogens is 1. The first-order valence-corrected chi connectivity index (χ1v) is 6.81. The number of rotatable bonds is 6. The van der Waals surface area contributed by atoms with Crippen LogP contribution in [0.2, 0.25) is 0 Å². The zero-order chi connectivity index (χ0) is 14.4. The Bertz CT molecular complexity index is 555. The van der Waals surface area contributed by atoms with Crippen LogP contribution in [0.15, 0.2) is 42.6 Å². The van der Waals surface area contributed by atoms with Gasteiger partial charge in [-0.15, -0.1) is 0 Å². The topological polar surface area (TPSA) is 60.2 Å². The zero-order valence-electron chi connectivity index (χ0n) is 12.0. The predicted molar refractivity (Wildman–Crippen MR) is 81.4 cm³/mol. The second-order valence-corrected chi connectivity index (χ2v) is 4.94. The van der Waals surface area contributed by atoms with E-state index >= 15 is 0 Å². The van der Waals surface area contributed by atoms with E-state index in [1.807, 2.05) is 50.2 Å². The van der Waals surface area contributed by atoms with Gasteiger partial charge in [-0.2, -0.15) is 0 Å². The Kier molecular flexibility index (Phi) is 4.96. The third-order valence-electron chi connectivity index (χ3n) is 2.88. The largest absolute Gasteiger partial charge is 0.475 e. The van der Waals surface area contributed by atoms with Gasteiger partial charge in [-0.05, 0) is 31.5 Å². The zero-order valence-corrected chi connectivity index (χ0v) is 12.0. The first-order valence-electron chi connectivity index (χ1n) is 6.81. The summed E-state index contributed by atoms with van der Waals surface area (Å²) < 4.78 is 5.70. The SMILES string of the molecule is CC(C)Oc1ncccc1CNCc1ccccc1N. The molecule has 1 aromatic carbocycles. The summed E-state index contributed by atoms with van der Waals surface area (Å²) in [6.07, 6.45) is 1.87. The Labute approximate surface area is 120 Å². The molecular weight excluding hydrogens is 250 g/mol. The second kappa shape index (κ2) is 6.91. The second-order valence-electron chi connectivity index (χ2n) is 4.94. The molecule has 1 heterocycles. The lowest BCUT2D eigenvalue weighted by Gasteiger charge is -2.13. The van der Waals surface area contributed by atoms with Crippen LogP contribution in [0.5, 0.6) is 5.88 Å². The van der Waals surface area contributed by atoms with Crippen molar-refractivity contribution in [3.05, 3.63) is 53.7 Å². The van der Waals surface area contributed by atoms with Gasteiger partial charge in [0.15, 0.2) is 0 Å². The number of ether oxygens (including phenoxy) is 1. The van der Waals surface area contributed by atoms with Gasteiger partial charge in [0.1, 0.15) is 0 Å². The van der Waals surface area contributed by atoms with Crippen LogP contribution in [0.4, 0.5) is 5.69 Å². The maximum atomic E-state index is 5.92. The van der Waals surface area contributed by atoms with Crippen molar-refractivity contribution in [3.8, 4) is 5.88 Å². The van der Waals surface area contributed by atoms with Crippen LogP contribution < -0.4 is 15.8 Å². The number of benzene rings is 1. The number of nitrogens with zero attached hydrogens (tertiary/aromatic N) is 1. The number of pyridine rings is 1. The van der Waals surface area contributed by atoms with Crippen LogP contribution in [0.3, 0.4) is 0 Å². The lowest BCUT2D eigenvalue weighted by atomic mass is 10.2. The fourth-order valence-electron chi connectivity index (χ4n) is 1.92. The lowest BCUT2D eigenvalue weighted by Crippen LogP contribution is -2.16. The van der Waals surface area contributed by atoms with Crippen molar-refractivity contribution in [3.63, 3.8) is 0 Å². The Morgan fingerprint density at radius 3 is 2.55 bits per heavy atom. The van der Waals surface area contributed by atoms with Crippen LogP contribution in [0, 0.1) is 0 Å². The molecule has 0 aliphatic heterocycles. The molecule has 20 heavy (non-hydrogen) atoms. The van der Waals surface area contributed by atoms with Crippen LogP contribution in [-0.2, 0) is 13.1 Å². The van der Waals surface area contributed by atoms with E-state index in [1.165, 1.54) is 0 Å². The van der Waals surface area contributed by atoms with E-state index in [1.54, 1.807) is 6.20 Å². The van der Waals surface area contributed by atoms with Crippen molar-refractivity contribution in [1.82, 2.24) is 10.3 Å². The van der Waals surface area contributed by atoms with Crippen molar-refractivity contribution in [1.29, 1.82) is 0 Å². The fourth-order valence-corrected chi connectivity index (χ4v) is 1.92. The standard InChI is InChI=1S/C16H21N3O/c1-12(2)20-16-14(7-5-9-19-16)11-18-10-13-6-3-4-8-15(13)17/h3-9,12,18H,10-11,17H2,1-2H3. The molecule has 0 aliphatic carbocycles. The van der Waals surface area contributed by atoms with Crippen molar-refractivity contribution < 1.29 is 4.74 Å². The Balaban J connectivity index is 1.96. The molecular formula is C16H21N3O. The molecule has 2 rings (SSSR count). The van der Waals surface area contributed by atoms with Crippen LogP contribution in [0.1, 0.15) is 25.0 Å². The highest BCUT2D eigenvalue weighted by molar-refractivity contribution is 5.46. The number of nitrogens with two attached hydrogens (primary N) is 1. The van der Waals surface area contributed by atoms with Gasteiger partial charge >= 0.3 is 0 Å². The monoisotopic (exact) mass is 271 g/mol. The third-order valence-corrected chi connectivity index (χ3v) is 2.88. The van der Waals surface area contributed by atoms with E-state index in [9.17, 15) is 0 Å². The molecule has 4 heteroatoms. The molecule has 106 valence electrons. The molecule has 4 nitrogen and oxygen atoms in total. The number of anilines is 1. The molecule has 0 spiro atoms. The molecule has 1 aromatic heterocycles. The van der Waals surface area contributed by atoms with Gasteiger partial charge < -0.3 is 15.8 Å². The third kappa shape index (κ3) is 3.96. The van der Waals surface area contributed by atoms with Gasteiger partial charge in [-0.1, -0.05) is 24.3 Å². The highest BCUT2D eigenvalue weighted by Crippen LogP contribution is 2.16. The maximum Gasteiger partial charge on any atom is 0.218 e. The molecule has 0 saturated heterocycles. The Hall–Kier alpha value is -2.07. The van der Waals surface area contributed by atoms with E-state index in [2.05, 4.69) is 10.3 Å². The molecule has 0 atom stereocenters. The summed E-state index contributed by atoms with van der Waals surface area (Å²) in [5.74, 6) is 0.691. The van der Waals surface area contributed by atoms with E-state index in [0.717, 1.165) is 23.4 Å². The van der Waals surface area contributed by atoms with Crippen molar-refractivity contribution >= 4 is 5.69 Å². The summed E-state index contributed by atoms with van der Waals surface area (Å²) >= 11 is 0. The van der Waals surface area contributed by atoms with Gasteiger partial charge in [0, 0.05) is 30.5 Å². The Morgan fingerprint density at radius 1 is 1.10 bits per heavy atom. The number of nitrogen functional groups attached to an aromatic ring is 1. The molecule has 3 N–H and O–H groups in total. The lowest BCUT2D eigenvalue weighted by molar-refractivity contribution is 0.229. The highest BCUT2D eigenvalue weighted by Gasteiger charge is 2.06. The summed E-state index contributed by atoms with van der Waals surface area (Å²) in [6, 6.07) is 11.8. The van der Waals surface area contributed by atoms with Crippen molar-refractivity contribution in [2.45, 2.75) is 33.0 Å². The van der Waals surface area contributed by atoms with Crippen LogP contribution in [0.25, 0.3) is 0 Å². The molecule has 0 saturated carbocycles. The maximum absolute atomic E-state index is 5.92. The number of para-hydroxylation sites is 1. The number of nitrogens with one attached hydrogen (secondary N) is 1. The minimum Gasteiger partial charge on any atom is -0.475 e. The quantitative estimate of drug-likeness (QED) is 0.793. The first-order chi connectivity index (χ1) is 9.66. The van der Waals surface area contributed by atoms with Crippen LogP contribution >= 0.6 is 0 Å².